The van der Waals surface area contributed by atoms with Crippen molar-refractivity contribution in [3.8, 4) is 0 Å². The van der Waals surface area contributed by atoms with Crippen LogP contribution in [0.25, 0.3) is 0 Å². The Labute approximate surface area is 115 Å². The summed E-state index contributed by atoms with van der Waals surface area (Å²) in [5, 5.41) is 11.0. The van der Waals surface area contributed by atoms with Gasteiger partial charge in [-0.3, -0.25) is 0 Å². The third kappa shape index (κ3) is 3.24. The lowest BCUT2D eigenvalue weighted by atomic mass is 9.80. The molecule has 0 saturated heterocycles. The molecule has 2 rings (SSSR count). The monoisotopic (exact) mass is 262 g/mol. The highest BCUT2D eigenvalue weighted by Crippen LogP contribution is 2.37. The molecule has 19 heavy (non-hydrogen) atoms. The molecule has 2 heteroatoms. The van der Waals surface area contributed by atoms with E-state index in [1.54, 1.807) is 6.07 Å². The molecule has 1 aromatic carbocycles. The normalized spacial score (nSPS) is 22.8. The van der Waals surface area contributed by atoms with Gasteiger partial charge in [-0.05, 0) is 55.4 Å². The number of rotatable bonds is 3. The van der Waals surface area contributed by atoms with Crippen LogP contribution in [0.4, 0.5) is 4.39 Å². The highest BCUT2D eigenvalue weighted by molar-refractivity contribution is 5.33. The molecule has 0 fully saturated rings. The van der Waals surface area contributed by atoms with Crippen molar-refractivity contribution in [2.45, 2.75) is 57.5 Å². The Kier molecular flexibility index (Phi) is 4.76. The van der Waals surface area contributed by atoms with Crippen LogP contribution < -0.4 is 0 Å². The maximum absolute atomic E-state index is 13.4. The molecule has 104 valence electrons. The first-order valence-electron chi connectivity index (χ1n) is 7.35. The molecule has 0 amide bonds. The van der Waals surface area contributed by atoms with E-state index < -0.39 is 5.60 Å². The van der Waals surface area contributed by atoms with Crippen LogP contribution in [0.5, 0.6) is 0 Å². The minimum absolute atomic E-state index is 0.282. The fourth-order valence-electron chi connectivity index (χ4n) is 2.93. The molecular formula is C17H23FO. The Bertz CT molecular complexity index is 452. The van der Waals surface area contributed by atoms with Gasteiger partial charge in [-0.15, -0.1) is 0 Å². The predicted molar refractivity (Wildman–Crippen MR) is 76.4 cm³/mol. The van der Waals surface area contributed by atoms with Crippen molar-refractivity contribution in [1.82, 2.24) is 0 Å². The number of allylic oxidation sites excluding steroid dienone is 1. The first kappa shape index (κ1) is 14.3. The average Bonchev–Trinajstić information content (AvgIpc) is 2.37. The Hall–Kier alpha value is -1.15. The summed E-state index contributed by atoms with van der Waals surface area (Å²) in [6.45, 7) is 1.96. The summed E-state index contributed by atoms with van der Waals surface area (Å²) in [6.07, 6.45) is 9.49. The first-order chi connectivity index (χ1) is 9.16. The van der Waals surface area contributed by atoms with Crippen molar-refractivity contribution in [3.05, 3.63) is 47.3 Å². The van der Waals surface area contributed by atoms with Gasteiger partial charge in [0.25, 0.3) is 0 Å². The molecule has 1 unspecified atom stereocenters. The van der Waals surface area contributed by atoms with E-state index in [2.05, 4.69) is 6.08 Å². The highest BCUT2D eigenvalue weighted by atomic mass is 19.1. The molecule has 1 nitrogen and oxygen atoms in total. The van der Waals surface area contributed by atoms with E-state index in [1.807, 2.05) is 13.0 Å². The van der Waals surface area contributed by atoms with Gasteiger partial charge in [0.15, 0.2) is 0 Å². The molecule has 1 atom stereocenters. The molecule has 0 saturated carbocycles. The number of aliphatic hydroxyl groups is 1. The van der Waals surface area contributed by atoms with Gasteiger partial charge in [-0.25, -0.2) is 4.39 Å². The van der Waals surface area contributed by atoms with Crippen molar-refractivity contribution in [2.75, 3.05) is 0 Å². The summed E-state index contributed by atoms with van der Waals surface area (Å²) >= 11 is 0. The second kappa shape index (κ2) is 6.33. The molecule has 1 N–H and O–H groups in total. The van der Waals surface area contributed by atoms with E-state index in [-0.39, 0.29) is 5.82 Å². The number of hydrogen-bond acceptors (Lipinski definition) is 1. The van der Waals surface area contributed by atoms with Crippen LogP contribution >= 0.6 is 0 Å². The Morgan fingerprint density at radius 1 is 1.21 bits per heavy atom. The van der Waals surface area contributed by atoms with E-state index in [0.29, 0.717) is 12.0 Å². The van der Waals surface area contributed by atoms with E-state index >= 15 is 0 Å². The van der Waals surface area contributed by atoms with Crippen LogP contribution in [0.3, 0.4) is 0 Å². The lowest BCUT2D eigenvalue weighted by Gasteiger charge is -2.31. The number of benzene rings is 1. The smallest absolute Gasteiger partial charge is 0.123 e. The van der Waals surface area contributed by atoms with Gasteiger partial charge in [0.05, 0.1) is 0 Å². The molecule has 0 spiro atoms. The SMILES string of the molecule is CCC(O)(/C1=C/CCCCCC1)c1cccc(F)c1. The predicted octanol–water partition coefficient (Wildman–Crippen LogP) is 4.70. The fraction of sp³-hybridized carbons (Fsp3) is 0.529. The van der Waals surface area contributed by atoms with Crippen LogP contribution in [-0.4, -0.2) is 5.11 Å². The molecule has 0 radical (unpaired) electrons. The van der Waals surface area contributed by atoms with Crippen LogP contribution in [0.15, 0.2) is 35.9 Å². The number of hydrogen-bond donors (Lipinski definition) is 1. The van der Waals surface area contributed by atoms with E-state index in [4.69, 9.17) is 0 Å². The molecular weight excluding hydrogens is 239 g/mol. The Morgan fingerprint density at radius 2 is 2.00 bits per heavy atom. The lowest BCUT2D eigenvalue weighted by molar-refractivity contribution is 0.0667. The fourth-order valence-corrected chi connectivity index (χ4v) is 2.93. The van der Waals surface area contributed by atoms with Crippen molar-refractivity contribution in [1.29, 1.82) is 0 Å². The highest BCUT2D eigenvalue weighted by Gasteiger charge is 2.31. The summed E-state index contributed by atoms with van der Waals surface area (Å²) in [7, 11) is 0. The van der Waals surface area contributed by atoms with Gasteiger partial charge < -0.3 is 5.11 Å². The summed E-state index contributed by atoms with van der Waals surface area (Å²) in [6, 6.07) is 6.39. The molecule has 1 aliphatic carbocycles. The first-order valence-corrected chi connectivity index (χ1v) is 7.35. The minimum atomic E-state index is -1.00. The van der Waals surface area contributed by atoms with Gasteiger partial charge in [0, 0.05) is 0 Å². The van der Waals surface area contributed by atoms with Crippen molar-refractivity contribution in [2.24, 2.45) is 0 Å². The van der Waals surface area contributed by atoms with Crippen molar-refractivity contribution < 1.29 is 9.50 Å². The van der Waals surface area contributed by atoms with Crippen LogP contribution in [-0.2, 0) is 5.60 Å². The van der Waals surface area contributed by atoms with Gasteiger partial charge >= 0.3 is 0 Å². The largest absolute Gasteiger partial charge is 0.381 e. The quantitative estimate of drug-likeness (QED) is 0.782. The summed E-state index contributed by atoms with van der Waals surface area (Å²) in [4.78, 5) is 0. The zero-order valence-electron chi connectivity index (χ0n) is 11.7. The summed E-state index contributed by atoms with van der Waals surface area (Å²) in [5.74, 6) is -0.282. The van der Waals surface area contributed by atoms with Crippen LogP contribution in [0.1, 0.15) is 57.4 Å². The molecule has 0 aliphatic heterocycles. The zero-order valence-corrected chi connectivity index (χ0v) is 11.7. The third-order valence-electron chi connectivity index (χ3n) is 4.14. The van der Waals surface area contributed by atoms with Gasteiger partial charge in [0.1, 0.15) is 11.4 Å². The van der Waals surface area contributed by atoms with E-state index in [9.17, 15) is 9.50 Å². The maximum atomic E-state index is 13.4. The molecule has 0 aromatic heterocycles. The second-order valence-corrected chi connectivity index (χ2v) is 5.41. The molecule has 1 aliphatic rings. The molecule has 0 heterocycles. The Morgan fingerprint density at radius 3 is 2.74 bits per heavy atom. The molecule has 0 bridgehead atoms. The van der Waals surface area contributed by atoms with Crippen LogP contribution in [0, 0.1) is 5.82 Å². The topological polar surface area (TPSA) is 20.2 Å². The third-order valence-corrected chi connectivity index (χ3v) is 4.14. The van der Waals surface area contributed by atoms with Gasteiger partial charge in [0.2, 0.25) is 0 Å². The maximum Gasteiger partial charge on any atom is 0.123 e. The number of halogens is 1. The van der Waals surface area contributed by atoms with E-state index in [0.717, 1.165) is 24.8 Å². The summed E-state index contributed by atoms with van der Waals surface area (Å²) < 4.78 is 13.4. The second-order valence-electron chi connectivity index (χ2n) is 5.41. The van der Waals surface area contributed by atoms with Crippen molar-refractivity contribution >= 4 is 0 Å². The zero-order chi connectivity index (χ0) is 13.7. The average molecular weight is 262 g/mol. The van der Waals surface area contributed by atoms with E-state index in [1.165, 1.54) is 31.4 Å². The lowest BCUT2D eigenvalue weighted by Crippen LogP contribution is -2.28. The van der Waals surface area contributed by atoms with Gasteiger partial charge in [-0.1, -0.05) is 38.0 Å². The Balaban J connectivity index is 2.35. The minimum Gasteiger partial charge on any atom is -0.381 e. The summed E-state index contributed by atoms with van der Waals surface area (Å²) in [5.41, 5.74) is 0.751. The molecule has 1 aromatic rings. The van der Waals surface area contributed by atoms with Crippen LogP contribution in [0.2, 0.25) is 0 Å². The standard InChI is InChI=1S/C17H23FO/c1-2-17(19,15-11-8-12-16(18)13-15)14-9-6-4-3-5-7-10-14/h8-9,11-13,19H,2-7,10H2,1H3/b14-9+. The van der Waals surface area contributed by atoms with Crippen molar-refractivity contribution in [3.63, 3.8) is 0 Å². The van der Waals surface area contributed by atoms with Gasteiger partial charge in [-0.2, -0.15) is 0 Å².